The van der Waals surface area contributed by atoms with Crippen molar-refractivity contribution in [3.8, 4) is 11.8 Å². The van der Waals surface area contributed by atoms with Crippen LogP contribution in [0.25, 0.3) is 0 Å². The van der Waals surface area contributed by atoms with Crippen LogP contribution in [0.2, 0.25) is 0 Å². The predicted molar refractivity (Wildman–Crippen MR) is 99.2 cm³/mol. The zero-order chi connectivity index (χ0) is 18.4. The first-order chi connectivity index (χ1) is 12.6. The summed E-state index contributed by atoms with van der Waals surface area (Å²) < 4.78 is 13.6. The second kappa shape index (κ2) is 8.16. The Morgan fingerprint density at radius 2 is 1.73 bits per heavy atom. The van der Waals surface area contributed by atoms with Gasteiger partial charge in [0.25, 0.3) is 5.91 Å². The summed E-state index contributed by atoms with van der Waals surface area (Å²) in [5.41, 5.74) is 0.783. The smallest absolute Gasteiger partial charge is 0.251 e. The van der Waals surface area contributed by atoms with Crippen LogP contribution < -0.4 is 5.32 Å². The molecule has 2 aromatic carbocycles. The number of carbonyl (C=O) groups is 1. The van der Waals surface area contributed by atoms with Crippen molar-refractivity contribution < 1.29 is 14.3 Å². The molecular formula is C22H22FNO2. The molecule has 0 aliphatic heterocycles. The molecule has 0 bridgehead atoms. The molecule has 1 aliphatic carbocycles. The van der Waals surface area contributed by atoms with Crippen LogP contribution in [-0.2, 0) is 0 Å². The minimum atomic E-state index is -0.779. The number of carbonyl (C=O) groups excluding carboxylic acids is 1. The molecular weight excluding hydrogens is 329 g/mol. The summed E-state index contributed by atoms with van der Waals surface area (Å²) in [5, 5.41) is 13.3. The molecule has 2 N–H and O–H groups in total. The Morgan fingerprint density at radius 1 is 1.04 bits per heavy atom. The molecule has 0 heterocycles. The van der Waals surface area contributed by atoms with Gasteiger partial charge < -0.3 is 10.4 Å². The molecule has 3 rings (SSSR count). The van der Waals surface area contributed by atoms with Crippen LogP contribution in [0.15, 0.2) is 48.5 Å². The van der Waals surface area contributed by atoms with Crippen molar-refractivity contribution >= 4 is 5.91 Å². The first-order valence-corrected chi connectivity index (χ1v) is 8.93. The van der Waals surface area contributed by atoms with Crippen molar-refractivity contribution in [1.82, 2.24) is 5.32 Å². The molecule has 3 nitrogen and oxygen atoms in total. The highest BCUT2D eigenvalue weighted by Gasteiger charge is 2.29. The van der Waals surface area contributed by atoms with Crippen LogP contribution in [0.5, 0.6) is 0 Å². The van der Waals surface area contributed by atoms with Crippen LogP contribution in [0, 0.1) is 17.7 Å². The number of halogens is 1. The number of benzene rings is 2. The molecule has 0 radical (unpaired) electrons. The summed E-state index contributed by atoms with van der Waals surface area (Å²) in [6.07, 6.45) is 4.62. The highest BCUT2D eigenvalue weighted by Crippen LogP contribution is 2.27. The normalized spacial score (nSPS) is 15.6. The third-order valence-electron chi connectivity index (χ3n) is 4.72. The van der Waals surface area contributed by atoms with E-state index in [4.69, 9.17) is 0 Å². The van der Waals surface area contributed by atoms with Crippen molar-refractivity contribution in [2.24, 2.45) is 0 Å². The van der Waals surface area contributed by atoms with E-state index >= 15 is 0 Å². The summed E-state index contributed by atoms with van der Waals surface area (Å²) >= 11 is 0. The molecule has 0 saturated heterocycles. The highest BCUT2D eigenvalue weighted by molar-refractivity contribution is 5.94. The molecule has 0 unspecified atom stereocenters. The van der Waals surface area contributed by atoms with Gasteiger partial charge in [-0.3, -0.25) is 4.79 Å². The Kier molecular flexibility index (Phi) is 5.70. The number of hydrogen-bond donors (Lipinski definition) is 2. The van der Waals surface area contributed by atoms with E-state index in [2.05, 4.69) is 17.2 Å². The Balaban J connectivity index is 1.60. The van der Waals surface area contributed by atoms with E-state index in [-0.39, 0.29) is 18.3 Å². The quantitative estimate of drug-likeness (QED) is 0.830. The van der Waals surface area contributed by atoms with Gasteiger partial charge >= 0.3 is 0 Å². The SMILES string of the molecule is O=C(NCC1(O)CCCCC1)c1ccc(C#Cc2ccccc2F)cc1. The van der Waals surface area contributed by atoms with Gasteiger partial charge in [-0.05, 0) is 49.2 Å². The van der Waals surface area contributed by atoms with E-state index < -0.39 is 5.60 Å². The van der Waals surface area contributed by atoms with Crippen molar-refractivity contribution in [3.05, 3.63) is 71.0 Å². The average molecular weight is 351 g/mol. The van der Waals surface area contributed by atoms with Gasteiger partial charge in [0.05, 0.1) is 11.2 Å². The van der Waals surface area contributed by atoms with Crippen molar-refractivity contribution in [1.29, 1.82) is 0 Å². The Bertz CT molecular complexity index is 827. The molecule has 1 amide bonds. The van der Waals surface area contributed by atoms with Gasteiger partial charge in [-0.2, -0.15) is 0 Å². The largest absolute Gasteiger partial charge is 0.388 e. The fourth-order valence-electron chi connectivity index (χ4n) is 3.14. The Labute approximate surface area is 153 Å². The lowest BCUT2D eigenvalue weighted by atomic mass is 9.85. The predicted octanol–water partition coefficient (Wildman–Crippen LogP) is 3.65. The lowest BCUT2D eigenvalue weighted by Gasteiger charge is -2.32. The first kappa shape index (κ1) is 18.2. The van der Waals surface area contributed by atoms with Crippen LogP contribution >= 0.6 is 0 Å². The maximum absolute atomic E-state index is 13.6. The number of rotatable bonds is 3. The summed E-state index contributed by atoms with van der Waals surface area (Å²) in [4.78, 5) is 12.3. The maximum atomic E-state index is 13.6. The number of amides is 1. The van der Waals surface area contributed by atoms with Gasteiger partial charge in [0.2, 0.25) is 0 Å². The van der Waals surface area contributed by atoms with Crippen LogP contribution in [0.3, 0.4) is 0 Å². The fraction of sp³-hybridized carbons (Fsp3) is 0.318. The van der Waals surface area contributed by atoms with Crippen molar-refractivity contribution in [2.75, 3.05) is 6.54 Å². The van der Waals surface area contributed by atoms with Crippen LogP contribution in [0.1, 0.15) is 53.6 Å². The van der Waals surface area contributed by atoms with E-state index in [1.807, 2.05) is 0 Å². The zero-order valence-electron chi connectivity index (χ0n) is 14.6. The van der Waals surface area contributed by atoms with Gasteiger partial charge in [0.1, 0.15) is 5.82 Å². The van der Waals surface area contributed by atoms with Gasteiger partial charge in [0.15, 0.2) is 0 Å². The van der Waals surface area contributed by atoms with Crippen molar-refractivity contribution in [3.63, 3.8) is 0 Å². The van der Waals surface area contributed by atoms with Crippen molar-refractivity contribution in [2.45, 2.75) is 37.7 Å². The average Bonchev–Trinajstić information content (AvgIpc) is 2.67. The third-order valence-corrected chi connectivity index (χ3v) is 4.72. The maximum Gasteiger partial charge on any atom is 0.251 e. The van der Waals surface area contributed by atoms with Gasteiger partial charge in [-0.15, -0.1) is 0 Å². The molecule has 2 aromatic rings. The number of hydrogen-bond acceptors (Lipinski definition) is 2. The monoisotopic (exact) mass is 351 g/mol. The molecule has 26 heavy (non-hydrogen) atoms. The van der Waals surface area contributed by atoms with Crippen LogP contribution in [0.4, 0.5) is 4.39 Å². The zero-order valence-corrected chi connectivity index (χ0v) is 14.6. The molecule has 1 fully saturated rings. The van der Waals surface area contributed by atoms with E-state index in [1.54, 1.807) is 42.5 Å². The second-order valence-electron chi connectivity index (χ2n) is 6.77. The Hall–Kier alpha value is -2.64. The summed E-state index contributed by atoms with van der Waals surface area (Å²) in [6, 6.07) is 13.2. The minimum absolute atomic E-state index is 0.211. The molecule has 0 aromatic heterocycles. The minimum Gasteiger partial charge on any atom is -0.388 e. The first-order valence-electron chi connectivity index (χ1n) is 8.93. The molecule has 134 valence electrons. The highest BCUT2D eigenvalue weighted by atomic mass is 19.1. The van der Waals surface area contributed by atoms with E-state index in [9.17, 15) is 14.3 Å². The lowest BCUT2D eigenvalue weighted by Crippen LogP contribution is -2.44. The Morgan fingerprint density at radius 3 is 2.42 bits per heavy atom. The third kappa shape index (κ3) is 4.71. The summed E-state index contributed by atoms with van der Waals surface area (Å²) in [7, 11) is 0. The van der Waals surface area contributed by atoms with Gasteiger partial charge in [0, 0.05) is 17.7 Å². The van der Waals surface area contributed by atoms with Crippen LogP contribution in [-0.4, -0.2) is 23.2 Å². The summed E-state index contributed by atoms with van der Waals surface area (Å²) in [5.74, 6) is 5.13. The lowest BCUT2D eigenvalue weighted by molar-refractivity contribution is 0.00525. The molecule has 1 aliphatic rings. The van der Waals surface area contributed by atoms with E-state index in [0.29, 0.717) is 16.7 Å². The van der Waals surface area contributed by atoms with Gasteiger partial charge in [-0.1, -0.05) is 43.2 Å². The second-order valence-corrected chi connectivity index (χ2v) is 6.77. The van der Waals surface area contributed by atoms with Gasteiger partial charge in [-0.25, -0.2) is 4.39 Å². The number of aliphatic hydroxyl groups is 1. The van der Waals surface area contributed by atoms with E-state index in [0.717, 1.165) is 32.1 Å². The number of nitrogens with one attached hydrogen (secondary N) is 1. The topological polar surface area (TPSA) is 49.3 Å². The molecule has 0 spiro atoms. The molecule has 1 saturated carbocycles. The summed E-state index contributed by atoms with van der Waals surface area (Å²) in [6.45, 7) is 0.278. The molecule has 4 heteroatoms. The standard InChI is InChI=1S/C22H22FNO2/c23-20-7-3-2-6-18(20)11-8-17-9-12-19(13-10-17)21(25)24-16-22(26)14-4-1-5-15-22/h2-3,6-7,9-10,12-13,26H,1,4-5,14-16H2,(H,24,25). The van der Waals surface area contributed by atoms with E-state index in [1.165, 1.54) is 6.07 Å². The molecule has 0 atom stereocenters. The fourth-order valence-corrected chi connectivity index (χ4v) is 3.14.